The molecule has 1 aliphatic carbocycles. The monoisotopic (exact) mass is 452 g/mol. The minimum absolute atomic E-state index is 0.0939. The Labute approximate surface area is 206 Å². The van der Waals surface area contributed by atoms with Crippen LogP contribution in [0.15, 0.2) is 72.8 Å². The molecule has 1 nitrogen and oxygen atoms in total. The molecule has 3 unspecified atom stereocenters. The summed E-state index contributed by atoms with van der Waals surface area (Å²) in [5.41, 5.74) is 7.55. The zero-order chi connectivity index (χ0) is 24.5. The van der Waals surface area contributed by atoms with Gasteiger partial charge in [0.15, 0.2) is 5.78 Å². The number of hydrogen-bond acceptors (Lipinski definition) is 1. The minimum atomic E-state index is -0.0939. The number of rotatable bonds is 6. The lowest BCUT2D eigenvalue weighted by Crippen LogP contribution is -2.43. The smallest absolute Gasteiger partial charge is 0.159 e. The standard InChI is InChI=1S/C33H40O/c1-22-9-7-11-27(17-22)21-29-19-25(4)32(20-24(29)3)33(6,31-12-8-10-23(2)18-31)30-15-13-28(14-16-30)26(5)34/h7-18,24-25,29,32H,19-21H2,1-6H3/t24-,25+,29?,32?,33?/m1/s1. The van der Waals surface area contributed by atoms with Crippen LogP contribution in [0.3, 0.4) is 0 Å². The van der Waals surface area contributed by atoms with Crippen molar-refractivity contribution < 1.29 is 4.79 Å². The zero-order valence-corrected chi connectivity index (χ0v) is 21.8. The van der Waals surface area contributed by atoms with E-state index in [4.69, 9.17) is 0 Å². The van der Waals surface area contributed by atoms with E-state index in [0.29, 0.717) is 17.8 Å². The van der Waals surface area contributed by atoms with Crippen LogP contribution in [0, 0.1) is 37.5 Å². The highest BCUT2D eigenvalue weighted by Gasteiger charge is 2.45. The molecule has 3 aromatic carbocycles. The van der Waals surface area contributed by atoms with Crippen LogP contribution in [0.2, 0.25) is 0 Å². The molecule has 1 fully saturated rings. The van der Waals surface area contributed by atoms with Crippen LogP contribution in [-0.4, -0.2) is 5.78 Å². The highest BCUT2D eigenvalue weighted by atomic mass is 16.1. The van der Waals surface area contributed by atoms with E-state index in [0.717, 1.165) is 11.5 Å². The van der Waals surface area contributed by atoms with Gasteiger partial charge in [-0.25, -0.2) is 0 Å². The third-order valence-electron chi connectivity index (χ3n) is 8.62. The van der Waals surface area contributed by atoms with Crippen LogP contribution in [0.4, 0.5) is 0 Å². The van der Waals surface area contributed by atoms with Gasteiger partial charge in [0.25, 0.3) is 0 Å². The summed E-state index contributed by atoms with van der Waals surface area (Å²) in [4.78, 5) is 11.9. The third-order valence-corrected chi connectivity index (χ3v) is 8.62. The highest BCUT2D eigenvalue weighted by Crippen LogP contribution is 2.51. The highest BCUT2D eigenvalue weighted by molar-refractivity contribution is 5.94. The Morgan fingerprint density at radius 1 is 0.824 bits per heavy atom. The summed E-state index contributed by atoms with van der Waals surface area (Å²) in [6.45, 7) is 13.4. The summed E-state index contributed by atoms with van der Waals surface area (Å²) < 4.78 is 0. The number of hydrogen-bond donors (Lipinski definition) is 0. The lowest BCUT2D eigenvalue weighted by atomic mass is 9.55. The fraction of sp³-hybridized carbons (Fsp3) is 0.424. The van der Waals surface area contributed by atoms with E-state index >= 15 is 0 Å². The number of ketones is 1. The molecule has 1 heteroatoms. The van der Waals surface area contributed by atoms with Crippen molar-refractivity contribution in [3.05, 3.63) is 106 Å². The topological polar surface area (TPSA) is 17.1 Å². The van der Waals surface area contributed by atoms with Crippen molar-refractivity contribution in [2.24, 2.45) is 23.7 Å². The largest absolute Gasteiger partial charge is 0.295 e. The van der Waals surface area contributed by atoms with E-state index in [1.54, 1.807) is 6.92 Å². The lowest BCUT2D eigenvalue weighted by Gasteiger charge is -2.49. The molecule has 0 aromatic heterocycles. The molecule has 3 aromatic rings. The van der Waals surface area contributed by atoms with Gasteiger partial charge >= 0.3 is 0 Å². The predicted octanol–water partition coefficient (Wildman–Crippen LogP) is 8.35. The Bertz CT molecular complexity index is 1140. The average molecular weight is 453 g/mol. The lowest BCUT2D eigenvalue weighted by molar-refractivity contribution is 0.0901. The molecule has 0 heterocycles. The van der Waals surface area contributed by atoms with Crippen LogP contribution >= 0.6 is 0 Å². The van der Waals surface area contributed by atoms with Gasteiger partial charge in [-0.2, -0.15) is 0 Å². The van der Waals surface area contributed by atoms with Gasteiger partial charge in [0.1, 0.15) is 0 Å². The Morgan fingerprint density at radius 3 is 2.09 bits per heavy atom. The van der Waals surface area contributed by atoms with Crippen molar-refractivity contribution in [2.75, 3.05) is 0 Å². The Balaban J connectivity index is 1.68. The molecule has 0 bridgehead atoms. The van der Waals surface area contributed by atoms with Crippen molar-refractivity contribution >= 4 is 5.78 Å². The number of carbonyl (C=O) groups excluding carboxylic acids is 1. The molecule has 4 rings (SSSR count). The van der Waals surface area contributed by atoms with Gasteiger partial charge in [0, 0.05) is 11.0 Å². The second-order valence-electron chi connectivity index (χ2n) is 11.2. The third kappa shape index (κ3) is 4.90. The molecule has 34 heavy (non-hydrogen) atoms. The van der Waals surface area contributed by atoms with Crippen LogP contribution in [-0.2, 0) is 11.8 Å². The maximum atomic E-state index is 11.9. The maximum absolute atomic E-state index is 11.9. The second kappa shape index (κ2) is 9.90. The molecule has 0 N–H and O–H groups in total. The Hall–Kier alpha value is -2.67. The van der Waals surface area contributed by atoms with E-state index in [2.05, 4.69) is 95.3 Å². The first-order chi connectivity index (χ1) is 16.2. The van der Waals surface area contributed by atoms with Gasteiger partial charge < -0.3 is 0 Å². The molecule has 178 valence electrons. The fourth-order valence-electron chi connectivity index (χ4n) is 6.54. The zero-order valence-electron chi connectivity index (χ0n) is 21.8. The molecule has 0 saturated heterocycles. The van der Waals surface area contributed by atoms with Gasteiger partial charge in [-0.15, -0.1) is 0 Å². The quantitative estimate of drug-likeness (QED) is 0.343. The summed E-state index contributed by atoms with van der Waals surface area (Å²) in [5.74, 6) is 2.67. The van der Waals surface area contributed by atoms with Crippen molar-refractivity contribution in [3.63, 3.8) is 0 Å². The Kier molecular flexibility index (Phi) is 7.12. The molecule has 0 radical (unpaired) electrons. The Morgan fingerprint density at radius 2 is 1.47 bits per heavy atom. The van der Waals surface area contributed by atoms with Gasteiger partial charge in [-0.1, -0.05) is 105 Å². The molecule has 0 aliphatic heterocycles. The molecular formula is C33H40O. The maximum Gasteiger partial charge on any atom is 0.159 e. The van der Waals surface area contributed by atoms with E-state index in [9.17, 15) is 4.79 Å². The first-order valence-electron chi connectivity index (χ1n) is 12.9. The second-order valence-corrected chi connectivity index (χ2v) is 11.2. The normalized spacial score (nSPS) is 24.4. The first kappa shape index (κ1) is 24.5. The summed E-state index contributed by atoms with van der Waals surface area (Å²) in [7, 11) is 0. The minimum Gasteiger partial charge on any atom is -0.295 e. The summed E-state index contributed by atoms with van der Waals surface area (Å²) in [6, 6.07) is 26.5. The van der Waals surface area contributed by atoms with Crippen LogP contribution in [0.5, 0.6) is 0 Å². The van der Waals surface area contributed by atoms with Gasteiger partial charge in [-0.3, -0.25) is 4.79 Å². The van der Waals surface area contributed by atoms with Crippen molar-refractivity contribution in [1.29, 1.82) is 0 Å². The van der Waals surface area contributed by atoms with Crippen molar-refractivity contribution in [1.82, 2.24) is 0 Å². The molecule has 1 aliphatic rings. The van der Waals surface area contributed by atoms with Crippen LogP contribution in [0.25, 0.3) is 0 Å². The number of aryl methyl sites for hydroxylation is 2. The molecule has 0 amide bonds. The molecule has 5 atom stereocenters. The van der Waals surface area contributed by atoms with Crippen LogP contribution in [0.1, 0.15) is 78.7 Å². The number of benzene rings is 3. The summed E-state index contributed by atoms with van der Waals surface area (Å²) in [5, 5.41) is 0. The molecular weight excluding hydrogens is 412 g/mol. The van der Waals surface area contributed by atoms with Crippen molar-refractivity contribution in [2.45, 2.75) is 66.2 Å². The molecule has 0 spiro atoms. The van der Waals surface area contributed by atoms with Gasteiger partial charge in [0.05, 0.1) is 0 Å². The van der Waals surface area contributed by atoms with Gasteiger partial charge in [0.2, 0.25) is 0 Å². The summed E-state index contributed by atoms with van der Waals surface area (Å²) in [6.07, 6.45) is 3.65. The van der Waals surface area contributed by atoms with Crippen LogP contribution < -0.4 is 0 Å². The summed E-state index contributed by atoms with van der Waals surface area (Å²) >= 11 is 0. The van der Waals surface area contributed by atoms with E-state index < -0.39 is 0 Å². The SMILES string of the molecule is CC(=O)c1ccc(C(C)(c2cccc(C)c2)C2C[C@@H](C)C(Cc3cccc(C)c3)C[C@@H]2C)cc1. The number of Topliss-reactive ketones (excluding diaryl/α,β-unsaturated/α-hetero) is 1. The van der Waals surface area contributed by atoms with E-state index in [1.807, 2.05) is 12.1 Å². The fourth-order valence-corrected chi connectivity index (χ4v) is 6.54. The van der Waals surface area contributed by atoms with Gasteiger partial charge in [-0.05, 0) is 80.4 Å². The van der Waals surface area contributed by atoms with E-state index in [-0.39, 0.29) is 11.2 Å². The van der Waals surface area contributed by atoms with E-state index in [1.165, 1.54) is 47.1 Å². The average Bonchev–Trinajstić information content (AvgIpc) is 2.81. The first-order valence-corrected chi connectivity index (χ1v) is 12.9. The number of carbonyl (C=O) groups is 1. The van der Waals surface area contributed by atoms with Crippen molar-refractivity contribution in [3.8, 4) is 0 Å². The molecule has 1 saturated carbocycles. The predicted molar refractivity (Wildman–Crippen MR) is 144 cm³/mol.